The fourth-order valence-corrected chi connectivity index (χ4v) is 7.64. The molecule has 1 nitrogen and oxygen atoms in total. The Morgan fingerprint density at radius 3 is 1.71 bits per heavy atom. The maximum Gasteiger partial charge on any atom is 0.0571 e. The van der Waals surface area contributed by atoms with Crippen molar-refractivity contribution in [1.29, 1.82) is 0 Å². The van der Waals surface area contributed by atoms with Crippen molar-refractivity contribution in [3.05, 3.63) is 119 Å². The summed E-state index contributed by atoms with van der Waals surface area (Å²) in [7, 11) is 2.27. The summed E-state index contributed by atoms with van der Waals surface area (Å²) in [6, 6.07) is 36.7. The van der Waals surface area contributed by atoms with Crippen LogP contribution in [0.25, 0.3) is 44.5 Å². The highest BCUT2D eigenvalue weighted by molar-refractivity contribution is 6.07. The topological polar surface area (TPSA) is 3.24 Å². The van der Waals surface area contributed by atoms with Gasteiger partial charge in [-0.2, -0.15) is 0 Å². The molecule has 1 aliphatic heterocycles. The average molecular weight is 490 g/mol. The van der Waals surface area contributed by atoms with Gasteiger partial charge in [0.15, 0.2) is 0 Å². The Balaban J connectivity index is 1.50. The lowest BCUT2D eigenvalue weighted by molar-refractivity contribution is 0.660. The van der Waals surface area contributed by atoms with Crippen LogP contribution in [0.5, 0.6) is 0 Å². The first-order valence-corrected chi connectivity index (χ1v) is 13.7. The molecule has 1 heteroatoms. The summed E-state index contributed by atoms with van der Waals surface area (Å²) in [5.41, 5.74) is 18.9. The van der Waals surface area contributed by atoms with Crippen molar-refractivity contribution in [1.82, 2.24) is 0 Å². The van der Waals surface area contributed by atoms with Crippen LogP contribution < -0.4 is 4.90 Å². The van der Waals surface area contributed by atoms with Gasteiger partial charge in [0.05, 0.1) is 5.69 Å². The van der Waals surface area contributed by atoms with E-state index in [1.165, 1.54) is 78.1 Å². The molecule has 0 unspecified atom stereocenters. The minimum absolute atomic E-state index is 0.0299. The summed E-state index contributed by atoms with van der Waals surface area (Å²) in [4.78, 5) is 2.48. The number of nitrogens with zero attached hydrogens (tertiary/aromatic N) is 1. The number of hydrogen-bond acceptors (Lipinski definition) is 1. The third kappa shape index (κ3) is 2.52. The molecule has 0 atom stereocenters. The maximum absolute atomic E-state index is 2.49. The lowest BCUT2D eigenvalue weighted by Gasteiger charge is -2.28. The monoisotopic (exact) mass is 489 g/mol. The molecule has 2 aliphatic carbocycles. The minimum Gasteiger partial charge on any atom is -0.343 e. The van der Waals surface area contributed by atoms with E-state index in [-0.39, 0.29) is 10.8 Å². The lowest BCUT2D eigenvalue weighted by Crippen LogP contribution is -2.17. The van der Waals surface area contributed by atoms with E-state index in [1.54, 1.807) is 0 Å². The van der Waals surface area contributed by atoms with Crippen molar-refractivity contribution in [3.63, 3.8) is 0 Å². The van der Waals surface area contributed by atoms with E-state index >= 15 is 0 Å². The molecule has 38 heavy (non-hydrogen) atoms. The highest BCUT2D eigenvalue weighted by Crippen LogP contribution is 2.59. The average Bonchev–Trinajstić information content (AvgIpc) is 3.26. The van der Waals surface area contributed by atoms with Crippen LogP contribution in [0, 0.1) is 0 Å². The van der Waals surface area contributed by atoms with Crippen LogP contribution in [0.15, 0.2) is 97.1 Å². The zero-order valence-electron chi connectivity index (χ0n) is 22.7. The number of fused-ring (bicyclic) bond motifs is 12. The van der Waals surface area contributed by atoms with Crippen LogP contribution in [-0.4, -0.2) is 7.05 Å². The molecule has 3 aliphatic rings. The molecule has 8 rings (SSSR count). The number of hydrogen-bond donors (Lipinski definition) is 0. The SMILES string of the molecule is CN1c2cc3c(cc2-c2ccccc2-c2ccc4c(c21)-c1ccccc1C4(C)C)C(C)(C)c1ccccc1-3. The first-order chi connectivity index (χ1) is 18.3. The molecule has 184 valence electrons. The van der Waals surface area contributed by atoms with Crippen molar-refractivity contribution < 1.29 is 0 Å². The number of anilines is 2. The normalized spacial score (nSPS) is 16.4. The first-order valence-electron chi connectivity index (χ1n) is 13.7. The van der Waals surface area contributed by atoms with E-state index in [9.17, 15) is 0 Å². The molecule has 0 aromatic heterocycles. The molecule has 0 bridgehead atoms. The Labute approximate surface area is 225 Å². The first kappa shape index (κ1) is 21.9. The van der Waals surface area contributed by atoms with Gasteiger partial charge in [0.2, 0.25) is 0 Å². The van der Waals surface area contributed by atoms with Gasteiger partial charge in [-0.15, -0.1) is 0 Å². The van der Waals surface area contributed by atoms with Crippen LogP contribution in [-0.2, 0) is 10.8 Å². The molecule has 1 heterocycles. The lowest BCUT2D eigenvalue weighted by atomic mass is 9.81. The highest BCUT2D eigenvalue weighted by atomic mass is 15.1. The highest BCUT2D eigenvalue weighted by Gasteiger charge is 2.41. The van der Waals surface area contributed by atoms with Gasteiger partial charge in [0, 0.05) is 40.3 Å². The van der Waals surface area contributed by atoms with E-state index in [2.05, 4.69) is 137 Å². The minimum atomic E-state index is -0.0304. The molecular formula is C37H31N. The quantitative estimate of drug-likeness (QED) is 0.209. The third-order valence-corrected chi connectivity index (χ3v) is 9.62. The Bertz CT molecular complexity index is 1830. The van der Waals surface area contributed by atoms with Crippen molar-refractivity contribution in [3.8, 4) is 44.5 Å². The van der Waals surface area contributed by atoms with Gasteiger partial charge < -0.3 is 4.90 Å². The summed E-state index contributed by atoms with van der Waals surface area (Å²) >= 11 is 0. The number of rotatable bonds is 0. The van der Waals surface area contributed by atoms with Crippen LogP contribution in [0.1, 0.15) is 49.9 Å². The second-order valence-corrected chi connectivity index (χ2v) is 12.2. The van der Waals surface area contributed by atoms with Crippen LogP contribution in [0.3, 0.4) is 0 Å². The second kappa shape index (κ2) is 7.05. The van der Waals surface area contributed by atoms with Gasteiger partial charge in [-0.3, -0.25) is 0 Å². The molecule has 0 saturated heterocycles. The predicted octanol–water partition coefficient (Wildman–Crippen LogP) is 9.71. The van der Waals surface area contributed by atoms with Gasteiger partial charge in [-0.25, -0.2) is 0 Å². The zero-order chi connectivity index (χ0) is 26.0. The zero-order valence-corrected chi connectivity index (χ0v) is 22.7. The summed E-state index contributed by atoms with van der Waals surface area (Å²) in [5, 5.41) is 0. The smallest absolute Gasteiger partial charge is 0.0571 e. The third-order valence-electron chi connectivity index (χ3n) is 9.62. The Kier molecular flexibility index (Phi) is 4.07. The Hall–Kier alpha value is -4.10. The standard InChI is InChI=1S/C37H31N/c1-36(2)30-17-11-9-15-26(30)34-31(36)19-18-25-22-12-6-7-13-23(22)28-20-32-27(21-33(28)38(5)35(25)34)24-14-8-10-16-29(24)37(32,3)4/h6-21H,1-5H3. The molecule has 5 aromatic rings. The Morgan fingerprint density at radius 2 is 1.00 bits per heavy atom. The molecule has 0 N–H and O–H groups in total. The van der Waals surface area contributed by atoms with E-state index < -0.39 is 0 Å². The Morgan fingerprint density at radius 1 is 0.447 bits per heavy atom. The maximum atomic E-state index is 2.49. The second-order valence-electron chi connectivity index (χ2n) is 12.2. The van der Waals surface area contributed by atoms with Gasteiger partial charge in [-0.1, -0.05) is 113 Å². The van der Waals surface area contributed by atoms with Gasteiger partial charge in [0.1, 0.15) is 0 Å². The van der Waals surface area contributed by atoms with Crippen LogP contribution in [0.2, 0.25) is 0 Å². The van der Waals surface area contributed by atoms with Crippen molar-refractivity contribution in [2.24, 2.45) is 0 Å². The molecule has 0 radical (unpaired) electrons. The van der Waals surface area contributed by atoms with Crippen molar-refractivity contribution in [2.45, 2.75) is 38.5 Å². The molecular weight excluding hydrogens is 458 g/mol. The van der Waals surface area contributed by atoms with Crippen molar-refractivity contribution >= 4 is 11.4 Å². The fraction of sp³-hybridized carbons (Fsp3) is 0.189. The molecule has 0 amide bonds. The predicted molar refractivity (Wildman–Crippen MR) is 161 cm³/mol. The molecule has 0 spiro atoms. The summed E-state index contributed by atoms with van der Waals surface area (Å²) in [6.45, 7) is 9.48. The molecule has 5 aromatic carbocycles. The summed E-state index contributed by atoms with van der Waals surface area (Å²) in [5.74, 6) is 0. The molecule has 0 fully saturated rings. The van der Waals surface area contributed by atoms with E-state index in [0.717, 1.165) is 0 Å². The van der Waals surface area contributed by atoms with Gasteiger partial charge in [-0.05, 0) is 62.2 Å². The van der Waals surface area contributed by atoms with E-state index in [1.807, 2.05) is 0 Å². The van der Waals surface area contributed by atoms with Crippen molar-refractivity contribution in [2.75, 3.05) is 11.9 Å². The summed E-state index contributed by atoms with van der Waals surface area (Å²) < 4.78 is 0. The number of benzene rings is 5. The van der Waals surface area contributed by atoms with Gasteiger partial charge in [0.25, 0.3) is 0 Å². The van der Waals surface area contributed by atoms with Crippen LogP contribution >= 0.6 is 0 Å². The summed E-state index contributed by atoms with van der Waals surface area (Å²) in [6.07, 6.45) is 0. The largest absolute Gasteiger partial charge is 0.343 e. The van der Waals surface area contributed by atoms with E-state index in [0.29, 0.717) is 0 Å². The van der Waals surface area contributed by atoms with E-state index in [4.69, 9.17) is 0 Å². The molecule has 0 saturated carbocycles. The fourth-order valence-electron chi connectivity index (χ4n) is 7.64. The van der Waals surface area contributed by atoms with Gasteiger partial charge >= 0.3 is 0 Å². The van der Waals surface area contributed by atoms with Crippen LogP contribution in [0.4, 0.5) is 11.4 Å².